The third-order valence-corrected chi connectivity index (χ3v) is 3.24. The molecule has 1 unspecified atom stereocenters. The molecular weight excluding hydrogens is 272 g/mol. The number of rotatable bonds is 8. The van der Waals surface area contributed by atoms with Gasteiger partial charge in [0, 0.05) is 11.5 Å². The summed E-state index contributed by atoms with van der Waals surface area (Å²) >= 11 is 0. The fourth-order valence-corrected chi connectivity index (χ4v) is 1.95. The van der Waals surface area contributed by atoms with Crippen LogP contribution in [0, 0.1) is 0 Å². The summed E-state index contributed by atoms with van der Waals surface area (Å²) in [6, 6.07) is 7.21. The van der Waals surface area contributed by atoms with Crippen LogP contribution in [0.25, 0.3) is 10.4 Å². The maximum atomic E-state index is 12.1. The van der Waals surface area contributed by atoms with Gasteiger partial charge in [0.15, 0.2) is 0 Å². The van der Waals surface area contributed by atoms with E-state index in [0.717, 1.165) is 5.56 Å². The van der Waals surface area contributed by atoms with E-state index in [9.17, 15) is 4.79 Å². The summed E-state index contributed by atoms with van der Waals surface area (Å²) in [5, 5.41) is 6.62. The van der Waals surface area contributed by atoms with Crippen molar-refractivity contribution in [2.75, 3.05) is 27.3 Å². The van der Waals surface area contributed by atoms with Gasteiger partial charge in [-0.2, -0.15) is 0 Å². The monoisotopic (exact) mass is 292 g/mol. The highest BCUT2D eigenvalue weighted by molar-refractivity contribution is 5.82. The molecule has 0 fully saturated rings. The van der Waals surface area contributed by atoms with Gasteiger partial charge in [-0.3, -0.25) is 5.32 Å². The van der Waals surface area contributed by atoms with Crippen molar-refractivity contribution in [1.29, 1.82) is 0 Å². The molecule has 0 aliphatic rings. The number of azide groups is 1. The Balaban J connectivity index is 2.86. The number of carbonyl (C=O) groups excluding carboxylic acids is 1. The molecular formula is C14H20N4O3. The van der Waals surface area contributed by atoms with Crippen molar-refractivity contribution in [1.82, 2.24) is 5.32 Å². The minimum Gasteiger partial charge on any atom is -0.497 e. The number of benzene rings is 1. The van der Waals surface area contributed by atoms with Crippen LogP contribution in [0.2, 0.25) is 0 Å². The van der Waals surface area contributed by atoms with Gasteiger partial charge >= 0.3 is 5.97 Å². The summed E-state index contributed by atoms with van der Waals surface area (Å²) < 4.78 is 10.0. The lowest BCUT2D eigenvalue weighted by Gasteiger charge is -2.28. The van der Waals surface area contributed by atoms with Crippen molar-refractivity contribution in [3.63, 3.8) is 0 Å². The number of carbonyl (C=O) groups is 1. The lowest BCUT2D eigenvalue weighted by atomic mass is 9.91. The molecule has 7 nitrogen and oxygen atoms in total. The van der Waals surface area contributed by atoms with Crippen LogP contribution in [0.4, 0.5) is 0 Å². The molecule has 0 saturated carbocycles. The molecule has 0 amide bonds. The van der Waals surface area contributed by atoms with Crippen molar-refractivity contribution in [2.24, 2.45) is 5.11 Å². The fourth-order valence-electron chi connectivity index (χ4n) is 1.95. The van der Waals surface area contributed by atoms with Gasteiger partial charge in [-0.25, -0.2) is 4.79 Å². The van der Waals surface area contributed by atoms with E-state index in [-0.39, 0.29) is 5.97 Å². The van der Waals surface area contributed by atoms with Crippen LogP contribution in [0.3, 0.4) is 0 Å². The van der Waals surface area contributed by atoms with Gasteiger partial charge in [0.2, 0.25) is 0 Å². The Kier molecular flexibility index (Phi) is 6.52. The number of nitrogens with one attached hydrogen (secondary N) is 1. The third-order valence-electron chi connectivity index (χ3n) is 3.24. The number of methoxy groups -OCH3 is 2. The molecule has 0 heterocycles. The van der Waals surface area contributed by atoms with Crippen molar-refractivity contribution < 1.29 is 14.3 Å². The van der Waals surface area contributed by atoms with Gasteiger partial charge in [0.05, 0.1) is 14.2 Å². The number of esters is 1. The Morgan fingerprint density at radius 2 is 2.05 bits per heavy atom. The average Bonchev–Trinajstić information content (AvgIpc) is 2.53. The van der Waals surface area contributed by atoms with Crippen LogP contribution >= 0.6 is 0 Å². The van der Waals surface area contributed by atoms with E-state index >= 15 is 0 Å². The average molecular weight is 292 g/mol. The Hall–Kier alpha value is -2.24. The summed E-state index contributed by atoms with van der Waals surface area (Å²) in [4.78, 5) is 14.8. The van der Waals surface area contributed by atoms with Crippen molar-refractivity contribution in [3.8, 4) is 5.75 Å². The maximum Gasteiger partial charge on any atom is 0.330 e. The SMILES string of the molecule is COC(=O)C(C)(NCCCN=[N+]=[N-])c1ccc(OC)cc1. The van der Waals surface area contributed by atoms with E-state index in [2.05, 4.69) is 15.3 Å². The standard InChI is InChI=1S/C14H20N4O3/c1-14(13(19)21-3,16-9-4-10-17-18-15)11-5-7-12(20-2)8-6-11/h5-8,16H,4,9-10H2,1-3H3. The molecule has 0 bridgehead atoms. The van der Waals surface area contributed by atoms with E-state index < -0.39 is 5.54 Å². The molecule has 0 aliphatic carbocycles. The van der Waals surface area contributed by atoms with Gasteiger partial charge in [-0.1, -0.05) is 17.2 Å². The first-order valence-electron chi connectivity index (χ1n) is 6.57. The van der Waals surface area contributed by atoms with Crippen LogP contribution < -0.4 is 10.1 Å². The highest BCUT2D eigenvalue weighted by atomic mass is 16.5. The van der Waals surface area contributed by atoms with E-state index in [1.165, 1.54) is 7.11 Å². The zero-order valence-electron chi connectivity index (χ0n) is 12.5. The molecule has 0 saturated heterocycles. The molecule has 21 heavy (non-hydrogen) atoms. The van der Waals surface area contributed by atoms with Gasteiger partial charge in [-0.15, -0.1) is 0 Å². The number of hydrogen-bond acceptors (Lipinski definition) is 5. The van der Waals surface area contributed by atoms with E-state index in [4.69, 9.17) is 15.0 Å². The lowest BCUT2D eigenvalue weighted by Crippen LogP contribution is -2.47. The first kappa shape index (κ1) is 16.8. The second-order valence-corrected chi connectivity index (χ2v) is 4.58. The summed E-state index contributed by atoms with van der Waals surface area (Å²) in [5.41, 5.74) is 8.05. The Morgan fingerprint density at radius 1 is 1.38 bits per heavy atom. The van der Waals surface area contributed by atoms with Crippen molar-refractivity contribution in [3.05, 3.63) is 40.3 Å². The predicted octanol–water partition coefficient (Wildman–Crippen LogP) is 2.37. The van der Waals surface area contributed by atoms with Crippen LogP contribution in [-0.4, -0.2) is 33.3 Å². The second-order valence-electron chi connectivity index (χ2n) is 4.58. The third kappa shape index (κ3) is 4.37. The zero-order chi connectivity index (χ0) is 15.7. The van der Waals surface area contributed by atoms with Crippen LogP contribution in [0.15, 0.2) is 29.4 Å². The van der Waals surface area contributed by atoms with Crippen molar-refractivity contribution >= 4 is 5.97 Å². The molecule has 1 atom stereocenters. The first-order valence-corrected chi connectivity index (χ1v) is 6.57. The smallest absolute Gasteiger partial charge is 0.330 e. The normalized spacial score (nSPS) is 12.9. The second kappa shape index (κ2) is 8.14. The topological polar surface area (TPSA) is 96.3 Å². The summed E-state index contributed by atoms with van der Waals surface area (Å²) in [5.74, 6) is 0.339. The largest absolute Gasteiger partial charge is 0.497 e. The van der Waals surface area contributed by atoms with E-state index in [1.807, 2.05) is 12.1 Å². The summed E-state index contributed by atoms with van der Waals surface area (Å²) in [7, 11) is 2.94. The Labute approximate surface area is 123 Å². The van der Waals surface area contributed by atoms with Gasteiger partial charge < -0.3 is 9.47 Å². The minimum absolute atomic E-state index is 0.378. The quantitative estimate of drug-likeness (QED) is 0.261. The number of nitrogens with zero attached hydrogens (tertiary/aromatic N) is 3. The molecule has 1 N–H and O–H groups in total. The van der Waals surface area contributed by atoms with Gasteiger partial charge in [0.1, 0.15) is 11.3 Å². The summed E-state index contributed by atoms with van der Waals surface area (Å²) in [6.45, 7) is 2.66. The molecule has 0 radical (unpaired) electrons. The zero-order valence-corrected chi connectivity index (χ0v) is 12.5. The fraction of sp³-hybridized carbons (Fsp3) is 0.500. The summed E-state index contributed by atoms with van der Waals surface area (Å²) in [6.07, 6.45) is 0.632. The van der Waals surface area contributed by atoms with Crippen molar-refractivity contribution in [2.45, 2.75) is 18.9 Å². The molecule has 1 rings (SSSR count). The first-order chi connectivity index (χ1) is 10.1. The van der Waals surface area contributed by atoms with Crippen LogP contribution in [0.5, 0.6) is 5.75 Å². The van der Waals surface area contributed by atoms with Crippen LogP contribution in [0.1, 0.15) is 18.9 Å². The lowest BCUT2D eigenvalue weighted by molar-refractivity contribution is -0.148. The molecule has 0 aromatic heterocycles. The molecule has 1 aromatic rings. The molecule has 114 valence electrons. The Morgan fingerprint density at radius 3 is 2.57 bits per heavy atom. The highest BCUT2D eigenvalue weighted by Gasteiger charge is 2.35. The Bertz CT molecular complexity index is 511. The number of ether oxygens (including phenoxy) is 2. The highest BCUT2D eigenvalue weighted by Crippen LogP contribution is 2.24. The van der Waals surface area contributed by atoms with Gasteiger partial charge in [-0.05, 0) is 43.1 Å². The minimum atomic E-state index is -0.961. The van der Waals surface area contributed by atoms with E-state index in [1.54, 1.807) is 26.2 Å². The van der Waals surface area contributed by atoms with Crippen LogP contribution in [-0.2, 0) is 15.1 Å². The van der Waals surface area contributed by atoms with E-state index in [0.29, 0.717) is 25.3 Å². The maximum absolute atomic E-state index is 12.1. The predicted molar refractivity (Wildman–Crippen MR) is 79.0 cm³/mol. The van der Waals surface area contributed by atoms with Gasteiger partial charge in [0.25, 0.3) is 0 Å². The molecule has 1 aromatic carbocycles. The molecule has 0 aliphatic heterocycles. The molecule has 0 spiro atoms. The number of hydrogen-bond donors (Lipinski definition) is 1. The molecule has 7 heteroatoms.